The van der Waals surface area contributed by atoms with Crippen molar-refractivity contribution < 1.29 is 9.66 Å². The highest BCUT2D eigenvalue weighted by molar-refractivity contribution is 6.31. The van der Waals surface area contributed by atoms with E-state index in [-0.39, 0.29) is 23.3 Å². The van der Waals surface area contributed by atoms with E-state index in [2.05, 4.69) is 20.3 Å². The molecule has 0 saturated carbocycles. The number of hydrogen-bond acceptors (Lipinski definition) is 7. The average Bonchev–Trinajstić information content (AvgIpc) is 2.65. The molecule has 0 radical (unpaired) electrons. The van der Waals surface area contributed by atoms with E-state index in [1.54, 1.807) is 12.3 Å². The van der Waals surface area contributed by atoms with Crippen LogP contribution in [0.5, 0.6) is 5.88 Å². The minimum atomic E-state index is -0.553. The number of ether oxygens (including phenoxy) is 1. The quantitative estimate of drug-likeness (QED) is 0.456. The van der Waals surface area contributed by atoms with Gasteiger partial charge in [-0.15, -0.1) is 0 Å². The molecule has 1 aromatic carbocycles. The highest BCUT2D eigenvalue weighted by Crippen LogP contribution is 2.29. The highest BCUT2D eigenvalue weighted by Gasteiger charge is 2.17. The van der Waals surface area contributed by atoms with Crippen molar-refractivity contribution in [1.82, 2.24) is 15.0 Å². The molecular weight excluding hydrogens is 386 g/mol. The first-order valence-electron chi connectivity index (χ1n) is 8.52. The molecule has 9 nitrogen and oxygen atoms in total. The molecule has 0 saturated heterocycles. The van der Waals surface area contributed by atoms with Crippen LogP contribution >= 0.6 is 11.6 Å². The van der Waals surface area contributed by atoms with Crippen LogP contribution in [-0.2, 0) is 6.54 Å². The number of pyridine rings is 1. The number of rotatable bonds is 7. The van der Waals surface area contributed by atoms with E-state index in [0.717, 1.165) is 5.56 Å². The number of aromatic amines is 1. The van der Waals surface area contributed by atoms with Crippen LogP contribution in [0.2, 0.25) is 5.02 Å². The van der Waals surface area contributed by atoms with Crippen LogP contribution in [0.25, 0.3) is 10.9 Å². The molecule has 0 unspecified atom stereocenters. The summed E-state index contributed by atoms with van der Waals surface area (Å²) >= 11 is 6.20. The minimum Gasteiger partial charge on any atom is -0.476 e. The zero-order valence-corrected chi connectivity index (χ0v) is 16.0. The number of anilines is 1. The van der Waals surface area contributed by atoms with Gasteiger partial charge >= 0.3 is 0 Å². The fraction of sp³-hybridized carbons (Fsp3) is 0.278. The molecular formula is C18H18ClN5O4. The third kappa shape index (κ3) is 4.37. The van der Waals surface area contributed by atoms with E-state index in [1.807, 2.05) is 13.8 Å². The summed E-state index contributed by atoms with van der Waals surface area (Å²) in [4.78, 5) is 33.3. The Morgan fingerprint density at radius 3 is 2.79 bits per heavy atom. The number of benzene rings is 1. The Balaban J connectivity index is 1.83. The molecule has 2 heterocycles. The molecule has 3 rings (SSSR count). The van der Waals surface area contributed by atoms with Gasteiger partial charge in [-0.2, -0.15) is 0 Å². The van der Waals surface area contributed by atoms with E-state index < -0.39 is 10.5 Å². The van der Waals surface area contributed by atoms with Gasteiger partial charge in [0.05, 0.1) is 28.8 Å². The van der Waals surface area contributed by atoms with E-state index in [0.29, 0.717) is 28.9 Å². The molecule has 0 fully saturated rings. The van der Waals surface area contributed by atoms with Gasteiger partial charge in [0.1, 0.15) is 10.7 Å². The summed E-state index contributed by atoms with van der Waals surface area (Å²) < 4.78 is 5.53. The maximum absolute atomic E-state index is 11.8. The number of H-pyrrole nitrogens is 1. The van der Waals surface area contributed by atoms with Crippen molar-refractivity contribution in [3.8, 4) is 5.88 Å². The van der Waals surface area contributed by atoms with Crippen molar-refractivity contribution in [2.24, 2.45) is 5.92 Å². The number of nitrogens with zero attached hydrogens (tertiary/aromatic N) is 3. The maximum Gasteiger partial charge on any atom is 0.293 e. The summed E-state index contributed by atoms with van der Waals surface area (Å²) in [6.07, 6.45) is 2.84. The first-order valence-corrected chi connectivity index (χ1v) is 8.90. The fourth-order valence-electron chi connectivity index (χ4n) is 2.51. The summed E-state index contributed by atoms with van der Waals surface area (Å²) in [5.74, 6) is 0.688. The molecule has 0 aliphatic rings. The number of fused-ring (bicyclic) bond motifs is 1. The van der Waals surface area contributed by atoms with Crippen LogP contribution < -0.4 is 15.6 Å². The highest BCUT2D eigenvalue weighted by atomic mass is 35.5. The number of hydrogen-bond donors (Lipinski definition) is 2. The number of nitro groups is 1. The van der Waals surface area contributed by atoms with Gasteiger partial charge in [0, 0.05) is 18.8 Å². The average molecular weight is 404 g/mol. The van der Waals surface area contributed by atoms with E-state index in [9.17, 15) is 14.9 Å². The lowest BCUT2D eigenvalue weighted by atomic mass is 10.2. The Hall–Kier alpha value is -3.20. The maximum atomic E-state index is 11.8. The monoisotopic (exact) mass is 403 g/mol. The number of aromatic nitrogens is 3. The predicted octanol–water partition coefficient (Wildman–Crippen LogP) is 3.53. The predicted molar refractivity (Wildman–Crippen MR) is 106 cm³/mol. The molecule has 0 spiro atoms. The molecule has 3 aromatic rings. The standard InChI is InChI=1S/C18H18ClN5O4/c1-10(2)8-28-18-13(19)3-11(7-21-18)6-20-15-5-14-12(4-16(15)24(26)27)17(25)23-9-22-14/h3-5,7,9-10,20H,6,8H2,1-2H3,(H,22,23,25). The molecule has 2 aromatic heterocycles. The van der Waals surface area contributed by atoms with Crippen molar-refractivity contribution in [2.75, 3.05) is 11.9 Å². The van der Waals surface area contributed by atoms with Gasteiger partial charge in [0.15, 0.2) is 0 Å². The molecule has 0 atom stereocenters. The normalized spacial score (nSPS) is 11.0. The van der Waals surface area contributed by atoms with Gasteiger partial charge in [0.25, 0.3) is 11.2 Å². The van der Waals surface area contributed by atoms with Crippen LogP contribution in [0.3, 0.4) is 0 Å². The van der Waals surface area contributed by atoms with Crippen molar-refractivity contribution in [1.29, 1.82) is 0 Å². The second-order valence-corrected chi connectivity index (χ2v) is 6.97. The Morgan fingerprint density at radius 1 is 1.32 bits per heavy atom. The van der Waals surface area contributed by atoms with Gasteiger partial charge in [-0.05, 0) is 23.6 Å². The van der Waals surface area contributed by atoms with E-state index in [1.165, 1.54) is 18.5 Å². The number of nitro benzene ring substituents is 1. The van der Waals surface area contributed by atoms with Crippen molar-refractivity contribution in [2.45, 2.75) is 20.4 Å². The van der Waals surface area contributed by atoms with Crippen molar-refractivity contribution >= 4 is 33.9 Å². The second-order valence-electron chi connectivity index (χ2n) is 6.56. The van der Waals surface area contributed by atoms with Crippen LogP contribution in [0.1, 0.15) is 19.4 Å². The SMILES string of the molecule is CC(C)COc1ncc(CNc2cc3nc[nH]c(=O)c3cc2[N+](=O)[O-])cc1Cl. The third-order valence-corrected chi connectivity index (χ3v) is 4.13. The Labute approximate surface area is 164 Å². The summed E-state index contributed by atoms with van der Waals surface area (Å²) in [6, 6.07) is 4.36. The summed E-state index contributed by atoms with van der Waals surface area (Å²) in [5, 5.41) is 14.9. The summed E-state index contributed by atoms with van der Waals surface area (Å²) in [6.45, 7) is 4.78. The van der Waals surface area contributed by atoms with Gasteiger partial charge < -0.3 is 15.0 Å². The van der Waals surface area contributed by atoms with Gasteiger partial charge in [-0.3, -0.25) is 14.9 Å². The largest absolute Gasteiger partial charge is 0.476 e. The van der Waals surface area contributed by atoms with Crippen molar-refractivity contribution in [3.05, 3.63) is 61.8 Å². The molecule has 0 bridgehead atoms. The first kappa shape index (κ1) is 19.6. The molecule has 2 N–H and O–H groups in total. The Morgan fingerprint density at radius 2 is 2.11 bits per heavy atom. The lowest BCUT2D eigenvalue weighted by molar-refractivity contribution is -0.383. The molecule has 0 aliphatic heterocycles. The van der Waals surface area contributed by atoms with Gasteiger partial charge in [-0.25, -0.2) is 9.97 Å². The Bertz CT molecular complexity index is 1080. The fourth-order valence-corrected chi connectivity index (χ4v) is 2.75. The van der Waals surface area contributed by atoms with Crippen LogP contribution in [0.4, 0.5) is 11.4 Å². The first-order chi connectivity index (χ1) is 13.3. The van der Waals surface area contributed by atoms with Gasteiger partial charge in [-0.1, -0.05) is 25.4 Å². The second kappa shape index (κ2) is 8.22. The zero-order valence-electron chi connectivity index (χ0n) is 15.2. The molecule has 10 heteroatoms. The topological polar surface area (TPSA) is 123 Å². The van der Waals surface area contributed by atoms with E-state index >= 15 is 0 Å². The number of nitrogens with one attached hydrogen (secondary N) is 2. The van der Waals surface area contributed by atoms with Gasteiger partial charge in [0.2, 0.25) is 5.88 Å². The van der Waals surface area contributed by atoms with Crippen molar-refractivity contribution in [3.63, 3.8) is 0 Å². The molecule has 28 heavy (non-hydrogen) atoms. The van der Waals surface area contributed by atoms with Crippen LogP contribution in [0, 0.1) is 16.0 Å². The lowest BCUT2D eigenvalue weighted by Crippen LogP contribution is -2.09. The van der Waals surface area contributed by atoms with E-state index in [4.69, 9.17) is 16.3 Å². The molecule has 0 aliphatic carbocycles. The summed E-state index contributed by atoms with van der Waals surface area (Å²) in [7, 11) is 0. The lowest BCUT2D eigenvalue weighted by Gasteiger charge is -2.11. The minimum absolute atomic E-state index is 0.149. The third-order valence-electron chi connectivity index (χ3n) is 3.86. The number of halogens is 1. The molecule has 146 valence electrons. The molecule has 0 amide bonds. The Kier molecular flexibility index (Phi) is 5.74. The summed E-state index contributed by atoms with van der Waals surface area (Å²) in [5.41, 5.74) is 0.655. The van der Waals surface area contributed by atoms with Crippen LogP contribution in [0.15, 0.2) is 35.5 Å². The van der Waals surface area contributed by atoms with Crippen LogP contribution in [-0.4, -0.2) is 26.5 Å². The zero-order chi connectivity index (χ0) is 20.3. The smallest absolute Gasteiger partial charge is 0.293 e.